The predicted molar refractivity (Wildman–Crippen MR) is 42.7 cm³/mol. The van der Waals surface area contributed by atoms with Crippen LogP contribution in [0.3, 0.4) is 0 Å². The van der Waals surface area contributed by atoms with E-state index in [-0.39, 0.29) is 0 Å². The van der Waals surface area contributed by atoms with E-state index in [1.807, 2.05) is 20.8 Å². The average molecular weight is 115 g/mol. The van der Waals surface area contributed by atoms with Gasteiger partial charge in [0.15, 0.2) is 0 Å². The molecule has 0 unspecified atom stereocenters. The van der Waals surface area contributed by atoms with Crippen LogP contribution in [0.15, 0.2) is 17.6 Å². The second kappa shape index (κ2) is 94.4. The van der Waals surface area contributed by atoms with Crippen molar-refractivity contribution in [3.63, 3.8) is 0 Å². The summed E-state index contributed by atoms with van der Waals surface area (Å²) in [5, 5.41) is 0. The van der Waals surface area contributed by atoms with Gasteiger partial charge < -0.3 is 4.99 Å². The van der Waals surface area contributed by atoms with Gasteiger partial charge in [0, 0.05) is 7.05 Å². The Balaban J connectivity index is -0.0000000483. The Kier molecular flexibility index (Phi) is 185. The van der Waals surface area contributed by atoms with Crippen molar-refractivity contribution in [1.82, 2.24) is 0 Å². The summed E-state index contributed by atoms with van der Waals surface area (Å²) < 4.78 is 0. The summed E-state index contributed by atoms with van der Waals surface area (Å²) in [4.78, 5) is 3.25. The van der Waals surface area contributed by atoms with Crippen LogP contribution in [-0.2, 0) is 0 Å². The maximum atomic E-state index is 3.36. The molecular weight excluding hydrogens is 98.1 g/mol. The van der Waals surface area contributed by atoms with E-state index < -0.39 is 0 Å². The van der Waals surface area contributed by atoms with Crippen LogP contribution in [0.5, 0.6) is 0 Å². The Morgan fingerprint density at radius 1 is 1.38 bits per heavy atom. The van der Waals surface area contributed by atoms with Crippen molar-refractivity contribution in [1.29, 1.82) is 0 Å². The number of hydrogen-bond donors (Lipinski definition) is 0. The third-order valence-electron chi connectivity index (χ3n) is 0. The number of hydrogen-bond acceptors (Lipinski definition) is 1. The molecule has 0 saturated heterocycles. The Morgan fingerprint density at radius 2 is 1.38 bits per heavy atom. The van der Waals surface area contributed by atoms with Gasteiger partial charge in [-0.15, -0.1) is 6.58 Å². The molecular formula is C7H17N. The van der Waals surface area contributed by atoms with E-state index in [0.717, 1.165) is 0 Å². The molecule has 0 heterocycles. The summed E-state index contributed by atoms with van der Waals surface area (Å²) in [7, 11) is 1.64. The lowest BCUT2D eigenvalue weighted by atomic mass is 10.8. The molecule has 0 aromatic rings. The van der Waals surface area contributed by atoms with Gasteiger partial charge in [-0.25, -0.2) is 0 Å². The Morgan fingerprint density at radius 3 is 1.38 bits per heavy atom. The van der Waals surface area contributed by atoms with E-state index in [2.05, 4.69) is 18.3 Å². The highest BCUT2D eigenvalue weighted by atomic mass is 14.6. The van der Waals surface area contributed by atoms with E-state index in [0.29, 0.717) is 0 Å². The van der Waals surface area contributed by atoms with Gasteiger partial charge in [-0.2, -0.15) is 0 Å². The summed E-state index contributed by atoms with van der Waals surface area (Å²) in [5.74, 6) is 0. The lowest BCUT2D eigenvalue weighted by Crippen LogP contribution is -1.26. The van der Waals surface area contributed by atoms with Crippen molar-refractivity contribution in [3.05, 3.63) is 12.7 Å². The number of nitrogens with zero attached hydrogens (tertiary/aromatic N) is 1. The summed E-state index contributed by atoms with van der Waals surface area (Å²) in [5.41, 5.74) is 0. The molecule has 1 heteroatoms. The maximum Gasteiger partial charge on any atom is 0.0269 e. The Hall–Kier alpha value is -0.590. The van der Waals surface area contributed by atoms with Crippen LogP contribution >= 0.6 is 0 Å². The minimum absolute atomic E-state index is 1.64. The lowest BCUT2D eigenvalue weighted by Gasteiger charge is -1.38. The molecule has 0 aliphatic carbocycles. The Labute approximate surface area is 53.1 Å². The molecule has 0 fully saturated rings. The van der Waals surface area contributed by atoms with Crippen molar-refractivity contribution in [2.45, 2.75) is 20.8 Å². The van der Waals surface area contributed by atoms with Crippen LogP contribution in [-0.4, -0.2) is 13.8 Å². The summed E-state index contributed by atoms with van der Waals surface area (Å²) in [6.45, 7) is 12.4. The normalized spacial score (nSPS) is 4.00. The molecule has 1 nitrogen and oxygen atoms in total. The minimum atomic E-state index is 1.64. The molecule has 0 spiro atoms. The third-order valence-corrected chi connectivity index (χ3v) is 0. The van der Waals surface area contributed by atoms with Gasteiger partial charge in [0.2, 0.25) is 0 Å². The monoisotopic (exact) mass is 115 g/mol. The second-order valence-electron chi connectivity index (χ2n) is 0.724. The predicted octanol–water partition coefficient (Wildman–Crippen LogP) is 2.54. The van der Waals surface area contributed by atoms with E-state index in [4.69, 9.17) is 0 Å². The molecule has 0 bridgehead atoms. The van der Waals surface area contributed by atoms with Crippen molar-refractivity contribution in [3.8, 4) is 0 Å². The molecule has 0 amide bonds. The van der Waals surface area contributed by atoms with E-state index in [1.54, 1.807) is 13.1 Å². The molecule has 50 valence electrons. The van der Waals surface area contributed by atoms with Crippen molar-refractivity contribution < 1.29 is 0 Å². The van der Waals surface area contributed by atoms with Crippen molar-refractivity contribution in [2.24, 2.45) is 4.99 Å². The lowest BCUT2D eigenvalue weighted by molar-refractivity contribution is 1.49. The quantitative estimate of drug-likeness (QED) is 0.340. The topological polar surface area (TPSA) is 12.4 Å². The second-order valence-corrected chi connectivity index (χ2v) is 0.724. The molecule has 0 aliphatic rings. The average Bonchev–Trinajstić information content (AvgIpc) is 1.75. The van der Waals surface area contributed by atoms with Gasteiger partial charge in [0.1, 0.15) is 0 Å². The molecule has 8 heavy (non-hydrogen) atoms. The van der Waals surface area contributed by atoms with Crippen LogP contribution in [0.2, 0.25) is 0 Å². The fourth-order valence-electron chi connectivity index (χ4n) is 0. The van der Waals surface area contributed by atoms with Gasteiger partial charge >= 0.3 is 0 Å². The number of allylic oxidation sites excluding steroid dienone is 1. The van der Waals surface area contributed by atoms with E-state index in [9.17, 15) is 0 Å². The molecule has 0 saturated carbocycles. The maximum absolute atomic E-state index is 3.36. The zero-order valence-electron chi connectivity index (χ0n) is 6.44. The van der Waals surface area contributed by atoms with Gasteiger partial charge in [-0.05, 0) is 13.6 Å². The van der Waals surface area contributed by atoms with Crippen molar-refractivity contribution in [2.75, 3.05) is 7.05 Å². The summed E-state index contributed by atoms with van der Waals surface area (Å²) in [6, 6.07) is 0. The highest BCUT2D eigenvalue weighted by Crippen LogP contribution is 1.38. The van der Waals surface area contributed by atoms with Crippen LogP contribution in [0, 0.1) is 0 Å². The van der Waals surface area contributed by atoms with E-state index in [1.165, 1.54) is 0 Å². The van der Waals surface area contributed by atoms with Crippen molar-refractivity contribution >= 4 is 6.72 Å². The molecule has 0 aromatic heterocycles. The van der Waals surface area contributed by atoms with Crippen LogP contribution in [0.1, 0.15) is 20.8 Å². The third kappa shape index (κ3) is 302. The summed E-state index contributed by atoms with van der Waals surface area (Å²) >= 11 is 0. The zero-order chi connectivity index (χ0) is 7.41. The largest absolute Gasteiger partial charge is 0.304 e. The van der Waals surface area contributed by atoms with Gasteiger partial charge in [0.25, 0.3) is 0 Å². The first-order chi connectivity index (χ1) is 3.83. The van der Waals surface area contributed by atoms with Crippen LogP contribution < -0.4 is 0 Å². The Bertz CT molecular complexity index is 25.4. The molecule has 0 aromatic carbocycles. The van der Waals surface area contributed by atoms with Gasteiger partial charge in [0.05, 0.1) is 0 Å². The highest BCUT2D eigenvalue weighted by Gasteiger charge is 1.15. The first-order valence-corrected chi connectivity index (χ1v) is 2.75. The van der Waals surface area contributed by atoms with Gasteiger partial charge in [-0.3, -0.25) is 0 Å². The summed E-state index contributed by atoms with van der Waals surface area (Å²) in [6.07, 6.45) is 1.75. The van der Waals surface area contributed by atoms with Crippen LogP contribution in [0.25, 0.3) is 0 Å². The smallest absolute Gasteiger partial charge is 0.0269 e. The molecule has 0 radical (unpaired) electrons. The highest BCUT2D eigenvalue weighted by molar-refractivity contribution is 5.22. The molecule has 0 N–H and O–H groups in total. The first-order valence-electron chi connectivity index (χ1n) is 2.75. The van der Waals surface area contributed by atoms with E-state index >= 15 is 0 Å². The first kappa shape index (κ1) is 15.7. The molecule has 0 atom stereocenters. The SMILES string of the molecule is C=CC.C=NC.CC. The standard InChI is InChI=1S/C3H6.C2H5N.C2H6/c2*1-3-2;1-2/h3H,1H2,2H3;1H2,2H3;1-2H3. The number of aliphatic imine (C=N–C) groups is 1. The minimum Gasteiger partial charge on any atom is -0.304 e. The fourth-order valence-corrected chi connectivity index (χ4v) is 0. The number of rotatable bonds is 0. The van der Waals surface area contributed by atoms with Crippen LogP contribution in [0.4, 0.5) is 0 Å². The molecule has 0 aliphatic heterocycles. The zero-order valence-corrected chi connectivity index (χ0v) is 6.44. The van der Waals surface area contributed by atoms with Gasteiger partial charge in [-0.1, -0.05) is 19.9 Å². The fraction of sp³-hybridized carbons (Fsp3) is 0.571. The molecule has 0 rings (SSSR count).